The van der Waals surface area contributed by atoms with E-state index >= 15 is 0 Å². The molecule has 1 aromatic carbocycles. The fraction of sp³-hybridized carbons (Fsp3) is 0.500. The Morgan fingerprint density at radius 1 is 1.58 bits per heavy atom. The Labute approximate surface area is 117 Å². The van der Waals surface area contributed by atoms with Gasteiger partial charge < -0.3 is 10.6 Å². The molecular weight excluding hydrogens is 267 g/mol. The Kier molecular flexibility index (Phi) is 4.42. The molecule has 0 spiro atoms. The zero-order chi connectivity index (χ0) is 14.0. The molecule has 19 heavy (non-hydrogen) atoms. The van der Waals surface area contributed by atoms with Crippen molar-refractivity contribution in [2.75, 3.05) is 13.1 Å². The molecule has 0 aliphatic carbocycles. The maximum absolute atomic E-state index is 13.8. The van der Waals surface area contributed by atoms with Crippen molar-refractivity contribution in [2.24, 2.45) is 11.7 Å². The van der Waals surface area contributed by atoms with Crippen LogP contribution < -0.4 is 5.73 Å². The summed E-state index contributed by atoms with van der Waals surface area (Å²) in [6, 6.07) is 4.40. The molecule has 2 rings (SSSR count). The predicted molar refractivity (Wildman–Crippen MR) is 73.7 cm³/mol. The van der Waals surface area contributed by atoms with Crippen LogP contribution in [0.5, 0.6) is 0 Å². The molecule has 104 valence electrons. The van der Waals surface area contributed by atoms with Gasteiger partial charge in [-0.15, -0.1) is 0 Å². The zero-order valence-electron chi connectivity index (χ0n) is 10.9. The number of hydrogen-bond donors (Lipinski definition) is 1. The Morgan fingerprint density at radius 2 is 2.32 bits per heavy atom. The lowest BCUT2D eigenvalue weighted by atomic mass is 9.90. The van der Waals surface area contributed by atoms with Crippen LogP contribution in [0.4, 0.5) is 4.39 Å². The van der Waals surface area contributed by atoms with Crippen LogP contribution in [0.3, 0.4) is 0 Å². The van der Waals surface area contributed by atoms with Crippen LogP contribution in [0.1, 0.15) is 30.1 Å². The van der Waals surface area contributed by atoms with Crippen molar-refractivity contribution in [3.63, 3.8) is 0 Å². The third kappa shape index (κ3) is 2.90. The summed E-state index contributed by atoms with van der Waals surface area (Å²) in [5.74, 6) is -0.642. The van der Waals surface area contributed by atoms with Crippen molar-refractivity contribution < 1.29 is 9.18 Å². The normalized spacial score (nSPS) is 23.5. The molecule has 5 heteroatoms. The summed E-state index contributed by atoms with van der Waals surface area (Å²) in [6.45, 7) is 3.18. The Hall–Kier alpha value is -1.13. The minimum absolute atomic E-state index is 0.0329. The van der Waals surface area contributed by atoms with Crippen LogP contribution in [-0.4, -0.2) is 29.9 Å². The van der Waals surface area contributed by atoms with Gasteiger partial charge in [-0.05, 0) is 24.5 Å². The van der Waals surface area contributed by atoms with Crippen LogP contribution in [0.25, 0.3) is 0 Å². The van der Waals surface area contributed by atoms with Gasteiger partial charge in [0.15, 0.2) is 0 Å². The molecule has 3 nitrogen and oxygen atoms in total. The molecule has 2 N–H and O–H groups in total. The number of rotatable bonds is 2. The van der Waals surface area contributed by atoms with Gasteiger partial charge in [0.25, 0.3) is 5.91 Å². The van der Waals surface area contributed by atoms with Crippen LogP contribution in [0.2, 0.25) is 5.02 Å². The van der Waals surface area contributed by atoms with Gasteiger partial charge in [0.1, 0.15) is 5.82 Å². The first-order valence-corrected chi connectivity index (χ1v) is 6.91. The van der Waals surface area contributed by atoms with Gasteiger partial charge in [0, 0.05) is 19.1 Å². The lowest BCUT2D eigenvalue weighted by Gasteiger charge is -2.36. The largest absolute Gasteiger partial charge is 0.338 e. The average Bonchev–Trinajstić information content (AvgIpc) is 2.39. The van der Waals surface area contributed by atoms with Gasteiger partial charge in [0.05, 0.1) is 10.6 Å². The molecule has 2 unspecified atom stereocenters. The third-order valence-corrected chi connectivity index (χ3v) is 4.10. The number of nitrogens with zero attached hydrogens (tertiary/aromatic N) is 1. The number of amides is 1. The Morgan fingerprint density at radius 3 is 2.95 bits per heavy atom. The molecule has 1 saturated heterocycles. The summed E-state index contributed by atoms with van der Waals surface area (Å²) < 4.78 is 13.8. The highest BCUT2D eigenvalue weighted by molar-refractivity contribution is 6.33. The average molecular weight is 285 g/mol. The number of hydrogen-bond acceptors (Lipinski definition) is 2. The van der Waals surface area contributed by atoms with Crippen molar-refractivity contribution >= 4 is 17.5 Å². The van der Waals surface area contributed by atoms with Crippen molar-refractivity contribution in [3.8, 4) is 0 Å². The topological polar surface area (TPSA) is 46.3 Å². The second-order valence-corrected chi connectivity index (χ2v) is 5.38. The maximum Gasteiger partial charge on any atom is 0.258 e. The quantitative estimate of drug-likeness (QED) is 0.907. The van der Waals surface area contributed by atoms with E-state index in [1.165, 1.54) is 18.2 Å². The van der Waals surface area contributed by atoms with Gasteiger partial charge in [-0.2, -0.15) is 0 Å². The molecule has 1 fully saturated rings. The van der Waals surface area contributed by atoms with Gasteiger partial charge in [-0.25, -0.2) is 4.39 Å². The fourth-order valence-electron chi connectivity index (χ4n) is 2.53. The first-order chi connectivity index (χ1) is 9.04. The van der Waals surface area contributed by atoms with E-state index in [2.05, 4.69) is 6.92 Å². The van der Waals surface area contributed by atoms with Crippen molar-refractivity contribution in [2.45, 2.75) is 25.8 Å². The van der Waals surface area contributed by atoms with E-state index in [0.29, 0.717) is 13.1 Å². The van der Waals surface area contributed by atoms with Crippen LogP contribution in [0, 0.1) is 11.7 Å². The fourth-order valence-corrected chi connectivity index (χ4v) is 2.77. The summed E-state index contributed by atoms with van der Waals surface area (Å²) in [5, 5.41) is 0.160. The van der Waals surface area contributed by atoms with E-state index in [-0.39, 0.29) is 28.5 Å². The zero-order valence-corrected chi connectivity index (χ0v) is 11.7. The Bertz CT molecular complexity index is 460. The lowest BCUT2D eigenvalue weighted by Crippen LogP contribution is -2.49. The van der Waals surface area contributed by atoms with E-state index in [9.17, 15) is 9.18 Å². The highest BCUT2D eigenvalue weighted by atomic mass is 35.5. The minimum Gasteiger partial charge on any atom is -0.338 e. The molecule has 1 heterocycles. The number of likely N-dealkylation sites (tertiary alicyclic amines) is 1. The number of halogens is 2. The van der Waals surface area contributed by atoms with Gasteiger partial charge in [0.2, 0.25) is 0 Å². The van der Waals surface area contributed by atoms with Crippen LogP contribution in [-0.2, 0) is 0 Å². The van der Waals surface area contributed by atoms with Crippen molar-refractivity contribution in [1.29, 1.82) is 0 Å². The molecule has 1 amide bonds. The number of piperidine rings is 1. The second kappa shape index (κ2) is 5.88. The van der Waals surface area contributed by atoms with Gasteiger partial charge >= 0.3 is 0 Å². The standard InChI is InChI=1S/C14H18ClFN2O/c1-2-9-8-18(7-6-12(9)17)14(19)13-10(15)4-3-5-11(13)16/h3-5,9,12H,2,6-8,17H2,1H3. The van der Waals surface area contributed by atoms with Crippen molar-refractivity contribution in [1.82, 2.24) is 4.90 Å². The van der Waals surface area contributed by atoms with E-state index in [4.69, 9.17) is 17.3 Å². The number of nitrogens with two attached hydrogens (primary N) is 1. The molecule has 0 saturated carbocycles. The van der Waals surface area contributed by atoms with Crippen LogP contribution >= 0.6 is 11.6 Å². The summed E-state index contributed by atoms with van der Waals surface area (Å²) in [5.41, 5.74) is 5.98. The molecular formula is C14H18ClFN2O. The number of carbonyl (C=O) groups is 1. The second-order valence-electron chi connectivity index (χ2n) is 4.97. The summed E-state index contributed by atoms with van der Waals surface area (Å²) in [4.78, 5) is 14.0. The van der Waals surface area contributed by atoms with Gasteiger partial charge in [-0.3, -0.25) is 4.79 Å². The molecule has 0 bridgehead atoms. The lowest BCUT2D eigenvalue weighted by molar-refractivity contribution is 0.0644. The van der Waals surface area contributed by atoms with Crippen LogP contribution in [0.15, 0.2) is 18.2 Å². The van der Waals surface area contributed by atoms with E-state index in [1.807, 2.05) is 0 Å². The number of benzene rings is 1. The third-order valence-electron chi connectivity index (χ3n) is 3.78. The molecule has 0 radical (unpaired) electrons. The monoisotopic (exact) mass is 284 g/mol. The molecule has 2 atom stereocenters. The Balaban J connectivity index is 2.20. The first-order valence-electron chi connectivity index (χ1n) is 6.53. The molecule has 1 aliphatic rings. The molecule has 1 aliphatic heterocycles. The van der Waals surface area contributed by atoms with E-state index < -0.39 is 5.82 Å². The summed E-state index contributed by atoms with van der Waals surface area (Å²) >= 11 is 5.93. The SMILES string of the molecule is CCC1CN(C(=O)c2c(F)cccc2Cl)CCC1N. The van der Waals surface area contributed by atoms with E-state index in [1.54, 1.807) is 4.90 Å². The molecule has 0 aromatic heterocycles. The summed E-state index contributed by atoms with van der Waals surface area (Å²) in [6.07, 6.45) is 1.66. The van der Waals surface area contributed by atoms with Gasteiger partial charge in [-0.1, -0.05) is 31.0 Å². The minimum atomic E-state index is -0.569. The summed E-state index contributed by atoms with van der Waals surface area (Å²) in [7, 11) is 0. The van der Waals surface area contributed by atoms with Crippen molar-refractivity contribution in [3.05, 3.63) is 34.6 Å². The smallest absolute Gasteiger partial charge is 0.258 e. The maximum atomic E-state index is 13.8. The number of carbonyl (C=O) groups excluding carboxylic acids is 1. The van der Waals surface area contributed by atoms with E-state index in [0.717, 1.165) is 12.8 Å². The highest BCUT2D eigenvalue weighted by Crippen LogP contribution is 2.25. The predicted octanol–water partition coefficient (Wildman–Crippen LogP) is 2.68. The first kappa shape index (κ1) is 14.3. The molecule has 1 aromatic rings. The highest BCUT2D eigenvalue weighted by Gasteiger charge is 2.30.